The third-order valence-electron chi connectivity index (χ3n) is 4.81. The molecule has 7 heteroatoms. The molecule has 1 aromatic carbocycles. The first-order chi connectivity index (χ1) is 12.5. The first kappa shape index (κ1) is 18.1. The number of aromatic nitrogens is 2. The largest absolute Gasteiger partial charge is 0.481 e. The number of amides is 1. The van der Waals surface area contributed by atoms with Gasteiger partial charge in [0, 0.05) is 12.2 Å². The summed E-state index contributed by atoms with van der Waals surface area (Å²) in [4.78, 5) is 24.1. The van der Waals surface area contributed by atoms with E-state index in [9.17, 15) is 19.1 Å². The fraction of sp³-hybridized carbons (Fsp3) is 0.421. The third-order valence-corrected chi connectivity index (χ3v) is 4.81. The van der Waals surface area contributed by atoms with Crippen molar-refractivity contribution in [1.29, 1.82) is 0 Å². The van der Waals surface area contributed by atoms with E-state index in [1.165, 1.54) is 16.8 Å². The molecule has 1 saturated carbocycles. The van der Waals surface area contributed by atoms with Crippen LogP contribution in [0.15, 0.2) is 36.5 Å². The number of halogens is 1. The lowest BCUT2D eigenvalue weighted by molar-refractivity contribution is -0.143. The highest BCUT2D eigenvalue weighted by Crippen LogP contribution is 2.23. The summed E-state index contributed by atoms with van der Waals surface area (Å²) in [6.07, 6.45) is 6.70. The number of carboxylic acids is 1. The predicted molar refractivity (Wildman–Crippen MR) is 93.6 cm³/mol. The van der Waals surface area contributed by atoms with Crippen LogP contribution < -0.4 is 5.32 Å². The zero-order valence-corrected chi connectivity index (χ0v) is 14.4. The number of hydrogen-bond donors (Lipinski definition) is 2. The Morgan fingerprint density at radius 3 is 2.46 bits per heavy atom. The Morgan fingerprint density at radius 1 is 1.08 bits per heavy atom. The van der Waals surface area contributed by atoms with Crippen LogP contribution in [0.4, 0.5) is 4.39 Å². The SMILES string of the molecule is O=C(NC1CCCCCCC1C(=O)O)c1ccn(-c2ccc(F)cc2)n1. The highest BCUT2D eigenvalue weighted by atomic mass is 19.1. The van der Waals surface area contributed by atoms with Crippen LogP contribution in [0.3, 0.4) is 0 Å². The van der Waals surface area contributed by atoms with E-state index in [4.69, 9.17) is 0 Å². The molecule has 3 rings (SSSR count). The molecule has 1 fully saturated rings. The summed E-state index contributed by atoms with van der Waals surface area (Å²) in [5.74, 6) is -2.17. The molecule has 2 atom stereocenters. The zero-order valence-electron chi connectivity index (χ0n) is 14.4. The second kappa shape index (κ2) is 8.12. The Balaban J connectivity index is 1.72. The van der Waals surface area contributed by atoms with Crippen molar-refractivity contribution in [3.05, 3.63) is 48.0 Å². The second-order valence-corrected chi connectivity index (χ2v) is 6.64. The van der Waals surface area contributed by atoms with Gasteiger partial charge in [-0.05, 0) is 43.2 Å². The van der Waals surface area contributed by atoms with E-state index >= 15 is 0 Å². The van der Waals surface area contributed by atoms with Crippen LogP contribution in [0, 0.1) is 11.7 Å². The highest BCUT2D eigenvalue weighted by molar-refractivity contribution is 5.92. The summed E-state index contributed by atoms with van der Waals surface area (Å²) in [5.41, 5.74) is 0.848. The minimum absolute atomic E-state index is 0.209. The molecule has 0 bridgehead atoms. The molecule has 1 amide bonds. The molecule has 1 aliphatic rings. The van der Waals surface area contributed by atoms with E-state index in [0.717, 1.165) is 25.7 Å². The van der Waals surface area contributed by atoms with Crippen LogP contribution in [-0.2, 0) is 4.79 Å². The maximum Gasteiger partial charge on any atom is 0.308 e. The van der Waals surface area contributed by atoms with Crippen LogP contribution in [0.1, 0.15) is 49.0 Å². The smallest absolute Gasteiger partial charge is 0.308 e. The van der Waals surface area contributed by atoms with E-state index in [2.05, 4.69) is 10.4 Å². The molecule has 26 heavy (non-hydrogen) atoms. The molecule has 1 heterocycles. The number of nitrogens with one attached hydrogen (secondary N) is 1. The monoisotopic (exact) mass is 359 g/mol. The van der Waals surface area contributed by atoms with E-state index in [1.807, 2.05) is 0 Å². The number of rotatable bonds is 4. The number of hydrogen-bond acceptors (Lipinski definition) is 3. The van der Waals surface area contributed by atoms with Crippen molar-refractivity contribution < 1.29 is 19.1 Å². The van der Waals surface area contributed by atoms with Crippen molar-refractivity contribution in [2.24, 2.45) is 5.92 Å². The fourth-order valence-corrected chi connectivity index (χ4v) is 3.38. The molecule has 0 spiro atoms. The molecule has 2 N–H and O–H groups in total. The number of benzene rings is 1. The molecule has 2 unspecified atom stereocenters. The molecular formula is C19H22FN3O3. The number of aliphatic carboxylic acids is 1. The molecule has 6 nitrogen and oxygen atoms in total. The average molecular weight is 359 g/mol. The Bertz CT molecular complexity index is 773. The van der Waals surface area contributed by atoms with Gasteiger partial charge in [-0.25, -0.2) is 9.07 Å². The van der Waals surface area contributed by atoms with Crippen LogP contribution in [0.2, 0.25) is 0 Å². The summed E-state index contributed by atoms with van der Waals surface area (Å²) >= 11 is 0. The second-order valence-electron chi connectivity index (χ2n) is 6.64. The topological polar surface area (TPSA) is 84.2 Å². The van der Waals surface area contributed by atoms with Crippen LogP contribution in [-0.4, -0.2) is 32.8 Å². The van der Waals surface area contributed by atoms with E-state index < -0.39 is 17.9 Å². The van der Waals surface area contributed by atoms with Crippen molar-refractivity contribution >= 4 is 11.9 Å². The predicted octanol–water partition coefficient (Wildman–Crippen LogP) is 3.16. The molecule has 0 aliphatic heterocycles. The van der Waals surface area contributed by atoms with Crippen molar-refractivity contribution in [3.63, 3.8) is 0 Å². The summed E-state index contributed by atoms with van der Waals surface area (Å²) in [7, 11) is 0. The highest BCUT2D eigenvalue weighted by Gasteiger charge is 2.30. The quantitative estimate of drug-likeness (QED) is 0.878. The van der Waals surface area contributed by atoms with Gasteiger partial charge in [0.25, 0.3) is 5.91 Å². The van der Waals surface area contributed by atoms with Crippen molar-refractivity contribution in [1.82, 2.24) is 15.1 Å². The van der Waals surface area contributed by atoms with Crippen LogP contribution >= 0.6 is 0 Å². The number of nitrogens with zero attached hydrogens (tertiary/aromatic N) is 2. The van der Waals surface area contributed by atoms with E-state index in [0.29, 0.717) is 18.5 Å². The minimum Gasteiger partial charge on any atom is -0.481 e. The summed E-state index contributed by atoms with van der Waals surface area (Å²) in [6.45, 7) is 0. The minimum atomic E-state index is -0.867. The molecular weight excluding hydrogens is 337 g/mol. The van der Waals surface area contributed by atoms with Gasteiger partial charge in [-0.1, -0.05) is 25.7 Å². The number of carboxylic acid groups (broad SMARTS) is 1. The Morgan fingerprint density at radius 2 is 1.77 bits per heavy atom. The van der Waals surface area contributed by atoms with Crippen molar-refractivity contribution in [3.8, 4) is 5.69 Å². The normalized spacial score (nSPS) is 20.8. The molecule has 0 saturated heterocycles. The van der Waals surface area contributed by atoms with Gasteiger partial charge < -0.3 is 10.4 Å². The summed E-state index contributed by atoms with van der Waals surface area (Å²) in [6, 6.07) is 6.96. The van der Waals surface area contributed by atoms with Gasteiger partial charge in [-0.3, -0.25) is 9.59 Å². The van der Waals surface area contributed by atoms with Gasteiger partial charge in [0.05, 0.1) is 11.6 Å². The van der Waals surface area contributed by atoms with E-state index in [-0.39, 0.29) is 17.4 Å². The van der Waals surface area contributed by atoms with Crippen LogP contribution in [0.25, 0.3) is 5.69 Å². The maximum absolute atomic E-state index is 13.0. The fourth-order valence-electron chi connectivity index (χ4n) is 3.38. The van der Waals surface area contributed by atoms with Gasteiger partial charge >= 0.3 is 5.97 Å². The Hall–Kier alpha value is -2.70. The van der Waals surface area contributed by atoms with Gasteiger partial charge in [0.2, 0.25) is 0 Å². The number of carbonyl (C=O) groups is 2. The number of carbonyl (C=O) groups excluding carboxylic acids is 1. The summed E-state index contributed by atoms with van der Waals surface area (Å²) in [5, 5.41) is 16.6. The molecule has 138 valence electrons. The molecule has 2 aromatic rings. The lowest BCUT2D eigenvalue weighted by Crippen LogP contribution is -2.44. The lowest BCUT2D eigenvalue weighted by atomic mass is 9.86. The average Bonchev–Trinajstić information content (AvgIpc) is 3.08. The van der Waals surface area contributed by atoms with Gasteiger partial charge in [0.1, 0.15) is 5.82 Å². The van der Waals surface area contributed by atoms with Gasteiger partial charge in [-0.2, -0.15) is 5.10 Å². The van der Waals surface area contributed by atoms with Crippen LogP contribution in [0.5, 0.6) is 0 Å². The van der Waals surface area contributed by atoms with Crippen molar-refractivity contribution in [2.45, 2.75) is 44.6 Å². The Kier molecular flexibility index (Phi) is 5.65. The molecule has 1 aliphatic carbocycles. The Labute approximate surface area is 151 Å². The first-order valence-electron chi connectivity index (χ1n) is 8.90. The van der Waals surface area contributed by atoms with Gasteiger partial charge in [-0.15, -0.1) is 0 Å². The van der Waals surface area contributed by atoms with Gasteiger partial charge in [0.15, 0.2) is 5.69 Å². The maximum atomic E-state index is 13.0. The third kappa shape index (κ3) is 4.28. The van der Waals surface area contributed by atoms with Crippen molar-refractivity contribution in [2.75, 3.05) is 0 Å². The molecule has 1 aromatic heterocycles. The molecule has 0 radical (unpaired) electrons. The standard InChI is InChI=1S/C19H22FN3O3/c20-13-7-9-14(10-8-13)23-12-11-17(22-23)18(24)21-16-6-4-2-1-3-5-15(16)19(25)26/h7-12,15-16H,1-6H2,(H,21,24)(H,25,26). The lowest BCUT2D eigenvalue weighted by Gasteiger charge is -2.26. The van der Waals surface area contributed by atoms with E-state index in [1.54, 1.807) is 24.4 Å². The summed E-state index contributed by atoms with van der Waals surface area (Å²) < 4.78 is 14.5. The first-order valence-corrected chi connectivity index (χ1v) is 8.90. The zero-order chi connectivity index (χ0) is 18.5.